The van der Waals surface area contributed by atoms with E-state index >= 15 is 0 Å². The van der Waals surface area contributed by atoms with Gasteiger partial charge in [0.05, 0.1) is 4.91 Å². The van der Waals surface area contributed by atoms with Crippen LogP contribution < -0.4 is 5.43 Å². The third-order valence-corrected chi connectivity index (χ3v) is 4.27. The number of carbonyl (C=O) groups excluding carboxylic acids is 2. The number of benzene rings is 1. The van der Waals surface area contributed by atoms with Crippen molar-refractivity contribution < 1.29 is 9.59 Å². The second-order valence-corrected chi connectivity index (χ2v) is 6.68. The molecule has 1 heterocycles. The van der Waals surface area contributed by atoms with Gasteiger partial charge in [-0.05, 0) is 35.3 Å². The molecule has 0 aliphatic carbocycles. The molecule has 0 radical (unpaired) electrons. The maximum Gasteiger partial charge on any atom is 0.285 e. The van der Waals surface area contributed by atoms with Crippen LogP contribution in [-0.4, -0.2) is 21.1 Å². The summed E-state index contributed by atoms with van der Waals surface area (Å²) in [7, 11) is 0. The number of thioether (sulfide) groups is 1. The van der Waals surface area contributed by atoms with Crippen LogP contribution >= 0.6 is 24.0 Å². The van der Waals surface area contributed by atoms with Crippen LogP contribution in [0, 0.1) is 0 Å². The van der Waals surface area contributed by atoms with Crippen molar-refractivity contribution in [3.63, 3.8) is 0 Å². The molecule has 1 aliphatic heterocycles. The van der Waals surface area contributed by atoms with Gasteiger partial charge in [0.25, 0.3) is 5.91 Å². The van der Waals surface area contributed by atoms with Crippen molar-refractivity contribution in [1.82, 2.24) is 10.4 Å². The van der Waals surface area contributed by atoms with E-state index in [1.54, 1.807) is 6.08 Å². The molecule has 1 aromatic rings. The molecule has 0 aromatic heterocycles. The lowest BCUT2D eigenvalue weighted by Gasteiger charge is -2.13. The van der Waals surface area contributed by atoms with Crippen LogP contribution in [0.1, 0.15) is 37.8 Å². The van der Waals surface area contributed by atoms with Crippen LogP contribution in [-0.2, 0) is 9.59 Å². The van der Waals surface area contributed by atoms with Crippen LogP contribution in [0.15, 0.2) is 29.2 Å². The lowest BCUT2D eigenvalue weighted by Crippen LogP contribution is -2.43. The molecule has 110 valence electrons. The highest BCUT2D eigenvalue weighted by molar-refractivity contribution is 8.26. The number of carbonyl (C=O) groups is 2. The van der Waals surface area contributed by atoms with Crippen LogP contribution in [0.3, 0.4) is 0 Å². The summed E-state index contributed by atoms with van der Waals surface area (Å²) < 4.78 is 0.334. The summed E-state index contributed by atoms with van der Waals surface area (Å²) in [4.78, 5) is 23.7. The smallest absolute Gasteiger partial charge is 0.274 e. The minimum absolute atomic E-state index is 0.298. The number of nitrogens with one attached hydrogen (secondary N) is 1. The zero-order valence-corrected chi connectivity index (χ0v) is 13.7. The Bertz CT molecular complexity index is 621. The number of hydrogen-bond donors (Lipinski definition) is 1. The average molecular weight is 320 g/mol. The summed E-state index contributed by atoms with van der Waals surface area (Å²) in [6.07, 6.45) is 1.78. The molecule has 2 amide bonds. The minimum Gasteiger partial charge on any atom is -0.274 e. The van der Waals surface area contributed by atoms with E-state index in [0.29, 0.717) is 15.1 Å². The number of amides is 2. The zero-order chi connectivity index (χ0) is 15.6. The highest BCUT2D eigenvalue weighted by Crippen LogP contribution is 2.31. The standard InChI is InChI=1S/C15H16N2O2S2/c1-9(2)12-6-4-11(5-7-12)8-13-14(19)17(15(20)21-13)16-10(3)18/h4-9H,1-3H3,(H,16,18). The lowest BCUT2D eigenvalue weighted by molar-refractivity contribution is -0.131. The fourth-order valence-electron chi connectivity index (χ4n) is 1.85. The van der Waals surface area contributed by atoms with Crippen molar-refractivity contribution in [3.8, 4) is 0 Å². The van der Waals surface area contributed by atoms with Crippen molar-refractivity contribution in [2.24, 2.45) is 0 Å². The number of rotatable bonds is 3. The van der Waals surface area contributed by atoms with E-state index in [1.807, 2.05) is 24.3 Å². The predicted molar refractivity (Wildman–Crippen MR) is 89.4 cm³/mol. The van der Waals surface area contributed by atoms with E-state index in [4.69, 9.17) is 12.2 Å². The molecule has 1 saturated heterocycles. The molecule has 1 N–H and O–H groups in total. The Labute approximate surface area is 133 Å². The first-order chi connectivity index (χ1) is 9.88. The molecule has 1 aromatic carbocycles. The monoisotopic (exact) mass is 320 g/mol. The Morgan fingerprint density at radius 3 is 2.48 bits per heavy atom. The third-order valence-electron chi connectivity index (χ3n) is 2.96. The highest BCUT2D eigenvalue weighted by atomic mass is 32.2. The van der Waals surface area contributed by atoms with Crippen LogP contribution in [0.25, 0.3) is 6.08 Å². The first-order valence-corrected chi connectivity index (χ1v) is 7.76. The fourth-order valence-corrected chi connectivity index (χ4v) is 3.03. The van der Waals surface area contributed by atoms with E-state index in [1.165, 1.54) is 24.2 Å². The van der Waals surface area contributed by atoms with Gasteiger partial charge < -0.3 is 0 Å². The minimum atomic E-state index is -0.325. The summed E-state index contributed by atoms with van der Waals surface area (Å²) >= 11 is 6.28. The van der Waals surface area contributed by atoms with Gasteiger partial charge in [-0.25, -0.2) is 0 Å². The second kappa shape index (κ2) is 6.41. The van der Waals surface area contributed by atoms with Crippen molar-refractivity contribution in [2.45, 2.75) is 26.7 Å². The molecule has 6 heteroatoms. The largest absolute Gasteiger partial charge is 0.285 e. The second-order valence-electron chi connectivity index (χ2n) is 5.01. The number of hydrazine groups is 1. The SMILES string of the molecule is CC(=O)NN1C(=O)C(=Cc2ccc(C(C)C)cc2)SC1=S. The predicted octanol–water partition coefficient (Wildman–Crippen LogP) is 3.06. The highest BCUT2D eigenvalue weighted by Gasteiger charge is 2.32. The molecule has 0 atom stereocenters. The van der Waals surface area contributed by atoms with Gasteiger partial charge in [-0.1, -0.05) is 49.9 Å². The van der Waals surface area contributed by atoms with Gasteiger partial charge in [0.2, 0.25) is 5.91 Å². The summed E-state index contributed by atoms with van der Waals surface area (Å²) in [5.74, 6) is -0.154. The lowest BCUT2D eigenvalue weighted by atomic mass is 10.0. The number of hydrogen-bond acceptors (Lipinski definition) is 4. The fraction of sp³-hybridized carbons (Fsp3) is 0.267. The number of nitrogens with zero attached hydrogens (tertiary/aromatic N) is 1. The van der Waals surface area contributed by atoms with Gasteiger partial charge in [0.15, 0.2) is 4.32 Å². The first kappa shape index (κ1) is 15.7. The molecule has 4 nitrogen and oxygen atoms in total. The Kier molecular flexibility index (Phi) is 4.80. The Morgan fingerprint density at radius 1 is 1.33 bits per heavy atom. The van der Waals surface area contributed by atoms with Gasteiger partial charge in [-0.3, -0.25) is 15.0 Å². The molecule has 0 bridgehead atoms. The molecular formula is C15H16N2O2S2. The van der Waals surface area contributed by atoms with Gasteiger partial charge >= 0.3 is 0 Å². The summed E-state index contributed by atoms with van der Waals surface area (Å²) in [6, 6.07) is 8.04. The normalized spacial score (nSPS) is 17.0. The quantitative estimate of drug-likeness (QED) is 0.687. The van der Waals surface area contributed by atoms with E-state index in [2.05, 4.69) is 19.3 Å². The summed E-state index contributed by atoms with van der Waals surface area (Å²) in [5, 5.41) is 1.11. The average Bonchev–Trinajstić information content (AvgIpc) is 2.67. The van der Waals surface area contributed by atoms with Crippen molar-refractivity contribution in [1.29, 1.82) is 0 Å². The summed E-state index contributed by atoms with van der Waals surface area (Å²) in [5.41, 5.74) is 4.60. The van der Waals surface area contributed by atoms with E-state index in [9.17, 15) is 9.59 Å². The summed E-state index contributed by atoms with van der Waals surface area (Å²) in [6.45, 7) is 5.61. The molecule has 0 spiro atoms. The molecule has 0 saturated carbocycles. The van der Waals surface area contributed by atoms with Gasteiger partial charge in [-0.2, -0.15) is 5.01 Å². The molecular weight excluding hydrogens is 304 g/mol. The van der Waals surface area contributed by atoms with E-state index < -0.39 is 0 Å². The van der Waals surface area contributed by atoms with E-state index in [-0.39, 0.29) is 11.8 Å². The third kappa shape index (κ3) is 3.71. The van der Waals surface area contributed by atoms with Crippen LogP contribution in [0.5, 0.6) is 0 Å². The molecule has 1 aliphatic rings. The van der Waals surface area contributed by atoms with Gasteiger partial charge in [0, 0.05) is 6.92 Å². The van der Waals surface area contributed by atoms with Gasteiger partial charge in [0.1, 0.15) is 0 Å². The zero-order valence-electron chi connectivity index (χ0n) is 12.0. The topological polar surface area (TPSA) is 49.4 Å². The molecule has 2 rings (SSSR count). The molecule has 1 fully saturated rings. The van der Waals surface area contributed by atoms with Gasteiger partial charge in [-0.15, -0.1) is 0 Å². The number of thiocarbonyl (C=S) groups is 1. The Balaban J connectivity index is 2.20. The molecule has 0 unspecified atom stereocenters. The molecule has 21 heavy (non-hydrogen) atoms. The van der Waals surface area contributed by atoms with Crippen LogP contribution in [0.2, 0.25) is 0 Å². The Morgan fingerprint density at radius 2 is 1.95 bits per heavy atom. The maximum atomic E-state index is 12.2. The van der Waals surface area contributed by atoms with Crippen molar-refractivity contribution in [3.05, 3.63) is 40.3 Å². The maximum absolute atomic E-state index is 12.2. The van der Waals surface area contributed by atoms with E-state index in [0.717, 1.165) is 10.6 Å². The first-order valence-electron chi connectivity index (χ1n) is 6.53. The Hall–Kier alpha value is -1.66. The van der Waals surface area contributed by atoms with Crippen molar-refractivity contribution >= 4 is 46.2 Å². The van der Waals surface area contributed by atoms with Crippen molar-refractivity contribution in [2.75, 3.05) is 0 Å². The van der Waals surface area contributed by atoms with Crippen LogP contribution in [0.4, 0.5) is 0 Å².